The fourth-order valence-corrected chi connectivity index (χ4v) is 6.42. The van der Waals surface area contributed by atoms with Crippen molar-refractivity contribution >= 4 is 16.9 Å². The first-order chi connectivity index (χ1) is 13.1. The smallest absolute Gasteiger partial charge is 0.319 e. The van der Waals surface area contributed by atoms with Gasteiger partial charge in [-0.05, 0) is 54.9 Å². The number of benzene rings is 1. The molecule has 27 heavy (non-hydrogen) atoms. The van der Waals surface area contributed by atoms with E-state index >= 15 is 0 Å². The monoisotopic (exact) mass is 368 g/mol. The molecule has 5 heteroatoms. The lowest BCUT2D eigenvalue weighted by Gasteiger charge is -2.57. The third kappa shape index (κ3) is 2.18. The summed E-state index contributed by atoms with van der Waals surface area (Å²) in [4.78, 5) is 19.6. The largest absolute Gasteiger partial charge is 0.497 e. The van der Waals surface area contributed by atoms with Gasteiger partial charge >= 0.3 is 5.97 Å². The van der Waals surface area contributed by atoms with Gasteiger partial charge in [-0.25, -0.2) is 0 Å². The number of methoxy groups -OCH3 is 2. The first kappa shape index (κ1) is 17.1. The number of ether oxygens (including phenoxy) is 2. The maximum Gasteiger partial charge on any atom is 0.319 e. The predicted octanol–water partition coefficient (Wildman–Crippen LogP) is 3.26. The molecule has 144 valence electrons. The van der Waals surface area contributed by atoms with E-state index in [0.29, 0.717) is 11.8 Å². The van der Waals surface area contributed by atoms with Crippen LogP contribution < -0.4 is 4.74 Å². The Morgan fingerprint density at radius 2 is 2.22 bits per heavy atom. The number of hydrogen-bond donors (Lipinski definition) is 1. The fraction of sp³-hybridized carbons (Fsp3) is 0.591. The van der Waals surface area contributed by atoms with Gasteiger partial charge in [0.05, 0.1) is 14.2 Å². The topological polar surface area (TPSA) is 54.6 Å². The number of hydrogen-bond acceptors (Lipinski definition) is 4. The van der Waals surface area contributed by atoms with E-state index in [-0.39, 0.29) is 12.0 Å². The lowest BCUT2D eigenvalue weighted by atomic mass is 9.56. The maximum atomic E-state index is 13.4. The van der Waals surface area contributed by atoms with E-state index in [0.717, 1.165) is 49.3 Å². The molecule has 0 amide bonds. The Morgan fingerprint density at radius 1 is 1.37 bits per heavy atom. The summed E-state index contributed by atoms with van der Waals surface area (Å²) in [6.07, 6.45) is 4.20. The van der Waals surface area contributed by atoms with Gasteiger partial charge in [-0.3, -0.25) is 9.69 Å². The summed E-state index contributed by atoms with van der Waals surface area (Å²) in [6.45, 7) is 4.39. The van der Waals surface area contributed by atoms with Crippen molar-refractivity contribution in [1.29, 1.82) is 0 Å². The molecule has 1 aromatic carbocycles. The lowest BCUT2D eigenvalue weighted by Crippen LogP contribution is -2.67. The van der Waals surface area contributed by atoms with E-state index in [1.54, 1.807) is 14.2 Å². The Balaban J connectivity index is 1.79. The van der Waals surface area contributed by atoms with Crippen molar-refractivity contribution in [1.82, 2.24) is 9.88 Å². The number of carbonyl (C=O) groups excluding carboxylic acids is 1. The Labute approximate surface area is 160 Å². The molecule has 4 bridgehead atoms. The van der Waals surface area contributed by atoms with Crippen molar-refractivity contribution in [3.8, 4) is 5.75 Å². The van der Waals surface area contributed by atoms with Gasteiger partial charge in [0.25, 0.3) is 0 Å². The minimum absolute atomic E-state index is 0.0676. The number of carbonyl (C=O) groups is 1. The highest BCUT2D eigenvalue weighted by atomic mass is 16.5. The maximum absolute atomic E-state index is 13.4. The van der Waals surface area contributed by atoms with Crippen molar-refractivity contribution in [3.63, 3.8) is 0 Å². The number of nitrogens with one attached hydrogen (secondary N) is 1. The van der Waals surface area contributed by atoms with E-state index in [1.165, 1.54) is 17.4 Å². The molecule has 3 fully saturated rings. The van der Waals surface area contributed by atoms with Gasteiger partial charge < -0.3 is 14.5 Å². The first-order valence-corrected chi connectivity index (χ1v) is 10.1. The number of piperidine rings is 2. The number of fused-ring (bicyclic) bond motifs is 4. The van der Waals surface area contributed by atoms with Crippen LogP contribution in [0, 0.1) is 11.8 Å². The molecule has 3 aliphatic heterocycles. The highest BCUT2D eigenvalue weighted by Gasteiger charge is 2.62. The second-order valence-corrected chi connectivity index (χ2v) is 8.52. The van der Waals surface area contributed by atoms with Crippen molar-refractivity contribution in [2.24, 2.45) is 11.8 Å². The number of esters is 1. The molecule has 4 aliphatic rings. The molecule has 1 aliphatic carbocycles. The first-order valence-electron chi connectivity index (χ1n) is 10.1. The average molecular weight is 368 g/mol. The summed E-state index contributed by atoms with van der Waals surface area (Å²) >= 11 is 0. The molecular formula is C22H28N2O3. The summed E-state index contributed by atoms with van der Waals surface area (Å²) in [6, 6.07) is 6.40. The molecule has 5 atom stereocenters. The molecule has 1 N–H and O–H groups in total. The highest BCUT2D eigenvalue weighted by molar-refractivity contribution is 5.92. The Bertz CT molecular complexity index is 904. The number of nitrogens with zero attached hydrogens (tertiary/aromatic N) is 1. The van der Waals surface area contributed by atoms with Gasteiger partial charge in [-0.15, -0.1) is 0 Å². The number of H-pyrrole nitrogens is 1. The number of aromatic amines is 1. The van der Waals surface area contributed by atoms with Crippen LogP contribution in [0.25, 0.3) is 10.9 Å². The normalized spacial score (nSPS) is 34.2. The Hall–Kier alpha value is -2.01. The molecule has 4 heterocycles. The third-order valence-corrected chi connectivity index (χ3v) is 7.37. The van der Waals surface area contributed by atoms with Crippen molar-refractivity contribution in [2.45, 2.75) is 44.1 Å². The van der Waals surface area contributed by atoms with Gasteiger partial charge in [-0.1, -0.05) is 13.3 Å². The van der Waals surface area contributed by atoms with Crippen LogP contribution in [0.5, 0.6) is 5.75 Å². The number of rotatable bonds is 3. The van der Waals surface area contributed by atoms with Gasteiger partial charge in [0, 0.05) is 35.7 Å². The minimum atomic E-state index is -0.575. The van der Waals surface area contributed by atoms with Gasteiger partial charge in [0.15, 0.2) is 0 Å². The predicted molar refractivity (Wildman–Crippen MR) is 104 cm³/mol. The lowest BCUT2D eigenvalue weighted by molar-refractivity contribution is -0.162. The molecule has 5 nitrogen and oxygen atoms in total. The molecule has 0 spiro atoms. The molecule has 1 saturated carbocycles. The summed E-state index contributed by atoms with van der Waals surface area (Å²) in [5.41, 5.74) is 2.90. The second-order valence-electron chi connectivity index (χ2n) is 8.52. The van der Waals surface area contributed by atoms with E-state index in [2.05, 4.69) is 28.9 Å². The summed E-state index contributed by atoms with van der Waals surface area (Å²) in [7, 11) is 3.24. The zero-order valence-electron chi connectivity index (χ0n) is 16.4. The molecular weight excluding hydrogens is 340 g/mol. The second kappa shape index (κ2) is 5.99. The van der Waals surface area contributed by atoms with Gasteiger partial charge in [0.2, 0.25) is 0 Å². The van der Waals surface area contributed by atoms with Gasteiger partial charge in [0.1, 0.15) is 11.2 Å². The molecule has 1 aromatic heterocycles. The van der Waals surface area contributed by atoms with Gasteiger partial charge in [-0.2, -0.15) is 0 Å². The minimum Gasteiger partial charge on any atom is -0.497 e. The number of aromatic nitrogens is 1. The van der Waals surface area contributed by atoms with Crippen molar-refractivity contribution in [2.75, 3.05) is 27.3 Å². The Morgan fingerprint density at radius 3 is 2.96 bits per heavy atom. The zero-order chi connectivity index (χ0) is 18.8. The summed E-state index contributed by atoms with van der Waals surface area (Å²) in [5, 5.41) is 1.19. The van der Waals surface area contributed by atoms with Crippen LogP contribution in [-0.4, -0.2) is 49.2 Å². The van der Waals surface area contributed by atoms with Crippen LogP contribution in [0.15, 0.2) is 18.2 Å². The van der Waals surface area contributed by atoms with Crippen LogP contribution in [0.2, 0.25) is 0 Å². The van der Waals surface area contributed by atoms with E-state index in [9.17, 15) is 4.79 Å². The average Bonchev–Trinajstić information content (AvgIpc) is 3.04. The van der Waals surface area contributed by atoms with Crippen LogP contribution in [0.3, 0.4) is 0 Å². The summed E-state index contributed by atoms with van der Waals surface area (Å²) in [5.74, 6) is 1.90. The van der Waals surface area contributed by atoms with Crippen LogP contribution in [0.4, 0.5) is 0 Å². The highest BCUT2D eigenvalue weighted by Crippen LogP contribution is 2.55. The Kier molecular flexibility index (Phi) is 3.80. The fourth-order valence-electron chi connectivity index (χ4n) is 6.42. The third-order valence-electron chi connectivity index (χ3n) is 7.37. The summed E-state index contributed by atoms with van der Waals surface area (Å²) < 4.78 is 10.9. The van der Waals surface area contributed by atoms with Crippen LogP contribution in [0.1, 0.15) is 37.4 Å². The molecule has 6 rings (SSSR count). The SMILES string of the molecule is CC[C@@H]1C[C@@H]2CN3CCc4c([nH]c5ccc(OC)cc45)[C@@](C(=O)OC)(C2)C13. The van der Waals surface area contributed by atoms with E-state index < -0.39 is 5.41 Å². The van der Waals surface area contributed by atoms with Crippen molar-refractivity contribution in [3.05, 3.63) is 29.5 Å². The van der Waals surface area contributed by atoms with Crippen LogP contribution >= 0.6 is 0 Å². The molecule has 2 unspecified atom stereocenters. The van der Waals surface area contributed by atoms with E-state index in [1.807, 2.05) is 6.07 Å². The van der Waals surface area contributed by atoms with Crippen LogP contribution in [-0.2, 0) is 21.4 Å². The standard InChI is InChI=1S/C22H28N2O3/c1-4-14-9-13-11-22(21(25)27-3)19-16(7-8-24(12-13)20(14)22)17-10-15(26-2)5-6-18(17)23-19/h5-6,10,13-14,20,23H,4,7-9,11-12H2,1-3H3/t13-,14+,20?,22-/m0/s1. The molecule has 0 radical (unpaired) electrons. The quantitative estimate of drug-likeness (QED) is 0.845. The zero-order valence-corrected chi connectivity index (χ0v) is 16.4. The molecule has 2 aromatic rings. The van der Waals surface area contributed by atoms with Crippen molar-refractivity contribution < 1.29 is 14.3 Å². The van der Waals surface area contributed by atoms with E-state index in [4.69, 9.17) is 9.47 Å². The molecule has 2 saturated heterocycles.